The normalized spacial score (nSPS) is 24.9. The van der Waals surface area contributed by atoms with E-state index in [9.17, 15) is 9.59 Å². The number of carbonyl (C=O) groups excluding carboxylic acids is 1. The van der Waals surface area contributed by atoms with Crippen LogP contribution in [0.15, 0.2) is 0 Å². The maximum atomic E-state index is 12.1. The van der Waals surface area contributed by atoms with Crippen LogP contribution in [0.2, 0.25) is 0 Å². The van der Waals surface area contributed by atoms with Gasteiger partial charge in [-0.05, 0) is 24.5 Å². The Morgan fingerprint density at radius 1 is 1.26 bits per heavy atom. The summed E-state index contributed by atoms with van der Waals surface area (Å²) in [5.41, 5.74) is -0.420. The molecule has 2 N–H and O–H groups in total. The quantitative estimate of drug-likeness (QED) is 0.754. The van der Waals surface area contributed by atoms with Crippen LogP contribution in [0.1, 0.15) is 40.5 Å². The zero-order valence-corrected chi connectivity index (χ0v) is 13.3. The molecule has 110 valence electrons. The molecule has 4 nitrogen and oxygen atoms in total. The molecule has 1 fully saturated rings. The second-order valence-corrected chi connectivity index (χ2v) is 7.20. The van der Waals surface area contributed by atoms with Crippen LogP contribution >= 0.6 is 11.8 Å². The zero-order chi connectivity index (χ0) is 14.8. The molecule has 1 aliphatic carbocycles. The minimum Gasteiger partial charge on any atom is -0.481 e. The van der Waals surface area contributed by atoms with Crippen LogP contribution in [0.25, 0.3) is 0 Å². The summed E-state index contributed by atoms with van der Waals surface area (Å²) in [6.45, 7) is 8.54. The highest BCUT2D eigenvalue weighted by molar-refractivity contribution is 8.00. The first kappa shape index (κ1) is 16.3. The van der Waals surface area contributed by atoms with Gasteiger partial charge < -0.3 is 10.4 Å². The lowest BCUT2D eigenvalue weighted by Crippen LogP contribution is -2.40. The average molecular weight is 287 g/mol. The number of carbonyl (C=O) groups is 2. The zero-order valence-electron chi connectivity index (χ0n) is 12.4. The molecule has 0 radical (unpaired) electrons. The Morgan fingerprint density at radius 3 is 2.11 bits per heavy atom. The maximum absolute atomic E-state index is 12.1. The Hall–Kier alpha value is -0.710. The summed E-state index contributed by atoms with van der Waals surface area (Å²) < 4.78 is 0.0629. The molecule has 0 spiro atoms. The van der Waals surface area contributed by atoms with Crippen LogP contribution < -0.4 is 5.32 Å². The monoisotopic (exact) mass is 287 g/mol. The summed E-state index contributed by atoms with van der Waals surface area (Å²) in [6, 6.07) is 0. The molecule has 19 heavy (non-hydrogen) atoms. The van der Waals surface area contributed by atoms with Crippen molar-refractivity contribution in [3.8, 4) is 0 Å². The molecule has 0 aliphatic heterocycles. The Balaban J connectivity index is 2.61. The summed E-state index contributed by atoms with van der Waals surface area (Å²) in [7, 11) is 0. The van der Waals surface area contributed by atoms with Gasteiger partial charge in [0.1, 0.15) is 0 Å². The van der Waals surface area contributed by atoms with Gasteiger partial charge in [-0.1, -0.05) is 27.7 Å². The Kier molecular flexibility index (Phi) is 4.93. The van der Waals surface area contributed by atoms with E-state index in [1.165, 1.54) is 0 Å². The van der Waals surface area contributed by atoms with Gasteiger partial charge in [0.2, 0.25) is 5.91 Å². The summed E-state index contributed by atoms with van der Waals surface area (Å²) in [6.07, 6.45) is 4.03. The lowest BCUT2D eigenvalue weighted by atomic mass is 10.0. The third-order valence-electron chi connectivity index (χ3n) is 4.68. The smallest absolute Gasteiger partial charge is 0.307 e. The summed E-state index contributed by atoms with van der Waals surface area (Å²) in [5, 5.41) is 12.0. The number of nitrogens with one attached hydrogen (secondary N) is 1. The van der Waals surface area contributed by atoms with E-state index in [-0.39, 0.29) is 10.7 Å². The fourth-order valence-electron chi connectivity index (χ4n) is 2.81. The number of rotatable bonds is 7. The summed E-state index contributed by atoms with van der Waals surface area (Å²) in [4.78, 5) is 23.2. The van der Waals surface area contributed by atoms with Crippen LogP contribution in [-0.2, 0) is 9.59 Å². The lowest BCUT2D eigenvalue weighted by molar-refractivity contribution is -0.140. The SMILES string of the molecule is CCC(CC)(CNC(=O)C1C(C(=O)O)C1(C)C)SC. The van der Waals surface area contributed by atoms with E-state index in [1.54, 1.807) is 11.8 Å². The molecule has 0 aromatic rings. The molecule has 1 aliphatic rings. The van der Waals surface area contributed by atoms with E-state index < -0.39 is 23.2 Å². The van der Waals surface area contributed by atoms with Crippen LogP contribution in [0.4, 0.5) is 0 Å². The van der Waals surface area contributed by atoms with Gasteiger partial charge in [0.15, 0.2) is 0 Å². The van der Waals surface area contributed by atoms with Crippen molar-refractivity contribution in [2.24, 2.45) is 17.3 Å². The molecule has 0 saturated heterocycles. The fraction of sp³-hybridized carbons (Fsp3) is 0.857. The minimum absolute atomic E-state index is 0.0629. The topological polar surface area (TPSA) is 66.4 Å². The molecule has 1 amide bonds. The van der Waals surface area contributed by atoms with Gasteiger partial charge in [-0.25, -0.2) is 0 Å². The number of carboxylic acids is 1. The van der Waals surface area contributed by atoms with Crippen molar-refractivity contribution < 1.29 is 14.7 Å². The predicted octanol–water partition coefficient (Wildman–Crippen LogP) is 2.38. The van der Waals surface area contributed by atoms with E-state index in [4.69, 9.17) is 5.11 Å². The van der Waals surface area contributed by atoms with Crippen molar-refractivity contribution in [2.75, 3.05) is 12.8 Å². The first-order chi connectivity index (χ1) is 8.75. The maximum Gasteiger partial charge on any atom is 0.307 e. The van der Waals surface area contributed by atoms with Crippen molar-refractivity contribution >= 4 is 23.6 Å². The van der Waals surface area contributed by atoms with Crippen molar-refractivity contribution in [1.82, 2.24) is 5.32 Å². The van der Waals surface area contributed by atoms with Gasteiger partial charge in [-0.3, -0.25) is 9.59 Å². The Labute approximate surface area is 119 Å². The van der Waals surface area contributed by atoms with Crippen LogP contribution in [0, 0.1) is 17.3 Å². The fourth-order valence-corrected chi connectivity index (χ4v) is 3.60. The molecule has 0 aromatic carbocycles. The Morgan fingerprint density at radius 2 is 1.79 bits per heavy atom. The third-order valence-corrected chi connectivity index (χ3v) is 6.27. The van der Waals surface area contributed by atoms with Gasteiger partial charge in [0, 0.05) is 11.3 Å². The van der Waals surface area contributed by atoms with Gasteiger partial charge in [-0.15, -0.1) is 0 Å². The lowest BCUT2D eigenvalue weighted by Gasteiger charge is -2.29. The van der Waals surface area contributed by atoms with Crippen LogP contribution in [0.3, 0.4) is 0 Å². The molecule has 0 heterocycles. The van der Waals surface area contributed by atoms with E-state index in [0.717, 1.165) is 12.8 Å². The van der Waals surface area contributed by atoms with E-state index in [0.29, 0.717) is 6.54 Å². The molecular formula is C14H25NO3S. The molecule has 1 saturated carbocycles. The van der Waals surface area contributed by atoms with E-state index in [1.807, 2.05) is 13.8 Å². The molecule has 0 bridgehead atoms. The van der Waals surface area contributed by atoms with Crippen molar-refractivity contribution in [1.29, 1.82) is 0 Å². The van der Waals surface area contributed by atoms with E-state index in [2.05, 4.69) is 25.4 Å². The van der Waals surface area contributed by atoms with E-state index >= 15 is 0 Å². The first-order valence-electron chi connectivity index (χ1n) is 6.81. The molecule has 1 rings (SSSR count). The number of thioether (sulfide) groups is 1. The van der Waals surface area contributed by atoms with Crippen molar-refractivity contribution in [2.45, 2.75) is 45.3 Å². The van der Waals surface area contributed by atoms with Crippen molar-refractivity contribution in [3.63, 3.8) is 0 Å². The highest BCUT2D eigenvalue weighted by Crippen LogP contribution is 2.58. The standard InChI is InChI=1S/C14H25NO3S/c1-6-14(7-2,19-5)8-15-11(16)9-10(12(17)18)13(9,3)4/h9-10H,6-8H2,1-5H3,(H,15,16)(H,17,18). The highest BCUT2D eigenvalue weighted by Gasteiger charge is 2.65. The molecule has 5 heteroatoms. The number of amides is 1. The Bertz CT molecular complexity index is 355. The number of carboxylic acid groups (broad SMARTS) is 1. The molecule has 0 aromatic heterocycles. The minimum atomic E-state index is -0.868. The third kappa shape index (κ3) is 3.07. The largest absolute Gasteiger partial charge is 0.481 e. The predicted molar refractivity (Wildman–Crippen MR) is 78.2 cm³/mol. The van der Waals surface area contributed by atoms with Crippen LogP contribution in [0.5, 0.6) is 0 Å². The van der Waals surface area contributed by atoms with Crippen molar-refractivity contribution in [3.05, 3.63) is 0 Å². The number of hydrogen-bond acceptors (Lipinski definition) is 3. The highest BCUT2D eigenvalue weighted by atomic mass is 32.2. The van der Waals surface area contributed by atoms with Gasteiger partial charge >= 0.3 is 5.97 Å². The second kappa shape index (κ2) is 5.73. The number of hydrogen-bond donors (Lipinski definition) is 2. The second-order valence-electron chi connectivity index (χ2n) is 5.93. The molecule has 2 atom stereocenters. The molecular weight excluding hydrogens is 262 g/mol. The first-order valence-corrected chi connectivity index (χ1v) is 8.04. The van der Waals surface area contributed by atoms with Gasteiger partial charge in [0.25, 0.3) is 0 Å². The van der Waals surface area contributed by atoms with Gasteiger partial charge in [-0.2, -0.15) is 11.8 Å². The summed E-state index contributed by atoms with van der Waals surface area (Å²) in [5.74, 6) is -1.91. The van der Waals surface area contributed by atoms with Crippen LogP contribution in [-0.4, -0.2) is 34.5 Å². The number of aliphatic carboxylic acids is 1. The summed E-state index contributed by atoms with van der Waals surface area (Å²) >= 11 is 1.77. The van der Waals surface area contributed by atoms with Gasteiger partial charge in [0.05, 0.1) is 11.8 Å². The average Bonchev–Trinajstić information content (AvgIpc) is 2.95. The molecule has 2 unspecified atom stereocenters.